The number of halogens is 4. The molecule has 8 heteroatoms. The number of aliphatic carboxylic acids is 1. The Hall–Kier alpha value is -2.10. The molecule has 0 aliphatic heterocycles. The zero-order valence-electron chi connectivity index (χ0n) is 13.4. The van der Waals surface area contributed by atoms with Crippen LogP contribution in [-0.4, -0.2) is 23.0 Å². The third-order valence-corrected chi connectivity index (χ3v) is 4.69. The number of carbonyl (C=O) groups excluding carboxylic acids is 1. The number of carboxylic acids is 1. The first-order valence-corrected chi connectivity index (χ1v) is 8.66. The third-order valence-electron chi connectivity index (χ3n) is 3.63. The molecule has 2 aromatic carbocycles. The molecule has 0 heterocycles. The number of rotatable bonds is 6. The first-order valence-electron chi connectivity index (χ1n) is 7.58. The summed E-state index contributed by atoms with van der Waals surface area (Å²) in [6, 6.07) is 10.4. The molecular weight excluding hydrogens is 462 g/mol. The van der Waals surface area contributed by atoms with Crippen LogP contribution in [0.25, 0.3) is 0 Å². The van der Waals surface area contributed by atoms with Gasteiger partial charge in [-0.3, -0.25) is 4.79 Å². The molecule has 1 atom stereocenters. The monoisotopic (exact) mass is 477 g/mol. The summed E-state index contributed by atoms with van der Waals surface area (Å²) in [6.07, 6.45) is -4.75. The van der Waals surface area contributed by atoms with Gasteiger partial charge in [0, 0.05) is 9.99 Å². The number of hydrogen-bond acceptors (Lipinski definition) is 2. The molecule has 0 fully saturated rings. The van der Waals surface area contributed by atoms with E-state index in [0.717, 1.165) is 21.3 Å². The molecule has 0 unspecified atom stereocenters. The lowest BCUT2D eigenvalue weighted by Crippen LogP contribution is -2.43. The van der Waals surface area contributed by atoms with Crippen LogP contribution in [0.3, 0.4) is 0 Å². The van der Waals surface area contributed by atoms with Crippen LogP contribution in [0.15, 0.2) is 48.5 Å². The summed E-state index contributed by atoms with van der Waals surface area (Å²) in [6.45, 7) is 0. The van der Waals surface area contributed by atoms with Crippen LogP contribution in [0.1, 0.15) is 16.7 Å². The first-order chi connectivity index (χ1) is 12.2. The Morgan fingerprint density at radius 2 is 1.81 bits per heavy atom. The smallest absolute Gasteiger partial charge is 0.416 e. The van der Waals surface area contributed by atoms with E-state index in [9.17, 15) is 27.9 Å². The topological polar surface area (TPSA) is 66.4 Å². The second-order valence-electron chi connectivity index (χ2n) is 5.63. The van der Waals surface area contributed by atoms with Crippen LogP contribution in [-0.2, 0) is 28.6 Å². The molecular formula is C18H15F3INO3. The van der Waals surface area contributed by atoms with Crippen LogP contribution < -0.4 is 5.32 Å². The van der Waals surface area contributed by atoms with Crippen LogP contribution >= 0.6 is 22.6 Å². The highest BCUT2D eigenvalue weighted by atomic mass is 127. The molecule has 2 aromatic rings. The second kappa shape index (κ2) is 8.52. The fourth-order valence-corrected chi connectivity index (χ4v) is 2.98. The van der Waals surface area contributed by atoms with E-state index in [0.29, 0.717) is 0 Å². The Labute approximate surface area is 161 Å². The Kier molecular flexibility index (Phi) is 6.63. The largest absolute Gasteiger partial charge is 0.480 e. The second-order valence-corrected chi connectivity index (χ2v) is 6.79. The van der Waals surface area contributed by atoms with Crippen molar-refractivity contribution in [2.75, 3.05) is 0 Å². The molecule has 0 saturated carbocycles. The van der Waals surface area contributed by atoms with Gasteiger partial charge in [-0.25, -0.2) is 4.79 Å². The molecule has 2 rings (SSSR count). The molecule has 0 bridgehead atoms. The van der Waals surface area contributed by atoms with Crippen molar-refractivity contribution in [2.24, 2.45) is 0 Å². The van der Waals surface area contributed by atoms with Gasteiger partial charge in [-0.2, -0.15) is 13.2 Å². The summed E-state index contributed by atoms with van der Waals surface area (Å²) in [5, 5.41) is 11.7. The lowest BCUT2D eigenvalue weighted by Gasteiger charge is -2.16. The van der Waals surface area contributed by atoms with E-state index in [1.165, 1.54) is 12.1 Å². The van der Waals surface area contributed by atoms with Gasteiger partial charge < -0.3 is 10.4 Å². The standard InChI is InChI=1S/C18H15F3INO3/c19-18(20,21)13-6-3-4-11(8-13)9-16(24)23-15(17(25)26)10-12-5-1-2-7-14(12)22/h1-8,15H,9-10H2,(H,23,24)(H,25,26)/t15-/m1/s1. The number of nitrogens with one attached hydrogen (secondary N) is 1. The van der Waals surface area contributed by atoms with Gasteiger partial charge in [0.1, 0.15) is 6.04 Å². The lowest BCUT2D eigenvalue weighted by molar-refractivity contribution is -0.141. The summed E-state index contributed by atoms with van der Waals surface area (Å²) < 4.78 is 39.0. The molecule has 26 heavy (non-hydrogen) atoms. The van der Waals surface area contributed by atoms with E-state index < -0.39 is 29.7 Å². The minimum Gasteiger partial charge on any atom is -0.480 e. The van der Waals surface area contributed by atoms with Gasteiger partial charge in [-0.15, -0.1) is 0 Å². The number of carbonyl (C=O) groups is 2. The van der Waals surface area contributed by atoms with Gasteiger partial charge >= 0.3 is 12.1 Å². The molecule has 1 amide bonds. The fourth-order valence-electron chi connectivity index (χ4n) is 2.37. The van der Waals surface area contributed by atoms with Crippen molar-refractivity contribution < 1.29 is 27.9 Å². The predicted octanol–water partition coefficient (Wildman–Crippen LogP) is 3.66. The Morgan fingerprint density at radius 3 is 2.42 bits per heavy atom. The van der Waals surface area contributed by atoms with Crippen LogP contribution in [0, 0.1) is 3.57 Å². The maximum Gasteiger partial charge on any atom is 0.416 e. The number of benzene rings is 2. The maximum atomic E-state index is 12.7. The molecule has 138 valence electrons. The van der Waals surface area contributed by atoms with Crippen LogP contribution in [0.4, 0.5) is 13.2 Å². The van der Waals surface area contributed by atoms with E-state index in [-0.39, 0.29) is 18.4 Å². The van der Waals surface area contributed by atoms with Gasteiger partial charge in [0.2, 0.25) is 5.91 Å². The zero-order valence-corrected chi connectivity index (χ0v) is 15.5. The Morgan fingerprint density at radius 1 is 1.12 bits per heavy atom. The minimum absolute atomic E-state index is 0.0861. The first kappa shape index (κ1) is 20.2. The molecule has 0 radical (unpaired) electrons. The maximum absolute atomic E-state index is 12.7. The number of hydrogen-bond donors (Lipinski definition) is 2. The van der Waals surface area contributed by atoms with Crippen molar-refractivity contribution in [3.05, 3.63) is 68.8 Å². The molecule has 0 spiro atoms. The Bertz CT molecular complexity index is 808. The molecule has 4 nitrogen and oxygen atoms in total. The summed E-state index contributed by atoms with van der Waals surface area (Å²) in [5.41, 5.74) is 0.0760. The molecule has 0 aromatic heterocycles. The molecule has 0 saturated heterocycles. The highest BCUT2D eigenvalue weighted by molar-refractivity contribution is 14.1. The quantitative estimate of drug-likeness (QED) is 0.625. The van der Waals surface area contributed by atoms with E-state index >= 15 is 0 Å². The lowest BCUT2D eigenvalue weighted by atomic mass is 10.0. The zero-order chi connectivity index (χ0) is 19.3. The summed E-state index contributed by atoms with van der Waals surface area (Å²) in [5.74, 6) is -1.86. The van der Waals surface area contributed by atoms with Gasteiger partial charge in [0.05, 0.1) is 12.0 Å². The third kappa shape index (κ3) is 5.72. The van der Waals surface area contributed by atoms with Gasteiger partial charge in [-0.05, 0) is 45.9 Å². The fraction of sp³-hybridized carbons (Fsp3) is 0.222. The van der Waals surface area contributed by atoms with Gasteiger partial charge in [-0.1, -0.05) is 36.4 Å². The van der Waals surface area contributed by atoms with Gasteiger partial charge in [0.15, 0.2) is 0 Å². The number of alkyl halides is 3. The molecule has 0 aliphatic rings. The summed E-state index contributed by atoms with van der Waals surface area (Å²) in [7, 11) is 0. The van der Waals surface area contributed by atoms with Crippen LogP contribution in [0.5, 0.6) is 0 Å². The highest BCUT2D eigenvalue weighted by Gasteiger charge is 2.30. The van der Waals surface area contributed by atoms with Gasteiger partial charge in [0.25, 0.3) is 0 Å². The minimum atomic E-state index is -4.50. The van der Waals surface area contributed by atoms with Crippen molar-refractivity contribution in [2.45, 2.75) is 25.1 Å². The van der Waals surface area contributed by atoms with E-state index in [2.05, 4.69) is 27.9 Å². The average Bonchev–Trinajstić information content (AvgIpc) is 2.55. The van der Waals surface area contributed by atoms with Crippen molar-refractivity contribution in [3.63, 3.8) is 0 Å². The van der Waals surface area contributed by atoms with Crippen molar-refractivity contribution in [1.29, 1.82) is 0 Å². The number of amides is 1. The number of carboxylic acid groups (broad SMARTS) is 1. The SMILES string of the molecule is O=C(Cc1cccc(C(F)(F)F)c1)N[C@H](Cc1ccccc1I)C(=O)O. The van der Waals surface area contributed by atoms with Crippen molar-refractivity contribution in [3.8, 4) is 0 Å². The van der Waals surface area contributed by atoms with E-state index in [1.54, 1.807) is 12.1 Å². The van der Waals surface area contributed by atoms with E-state index in [4.69, 9.17) is 0 Å². The summed E-state index contributed by atoms with van der Waals surface area (Å²) in [4.78, 5) is 23.5. The summed E-state index contributed by atoms with van der Waals surface area (Å²) >= 11 is 2.07. The van der Waals surface area contributed by atoms with Crippen molar-refractivity contribution in [1.82, 2.24) is 5.32 Å². The molecule has 2 N–H and O–H groups in total. The van der Waals surface area contributed by atoms with Crippen molar-refractivity contribution >= 4 is 34.5 Å². The highest BCUT2D eigenvalue weighted by Crippen LogP contribution is 2.29. The normalized spacial score (nSPS) is 12.5. The van der Waals surface area contributed by atoms with Crippen LogP contribution in [0.2, 0.25) is 0 Å². The van der Waals surface area contributed by atoms with E-state index in [1.807, 2.05) is 12.1 Å². The Balaban J connectivity index is 2.07. The average molecular weight is 477 g/mol. The predicted molar refractivity (Wildman–Crippen MR) is 97.6 cm³/mol. The molecule has 0 aliphatic carbocycles.